The van der Waals surface area contributed by atoms with Crippen molar-refractivity contribution in [3.63, 3.8) is 0 Å². The molecule has 0 bridgehead atoms. The fraction of sp³-hybridized carbons (Fsp3) is 0.0769. The van der Waals surface area contributed by atoms with Crippen LogP contribution in [-0.4, -0.2) is 34.3 Å². The summed E-state index contributed by atoms with van der Waals surface area (Å²) in [5.41, 5.74) is 2.62. The Morgan fingerprint density at radius 2 is 1.45 bits per heavy atom. The van der Waals surface area contributed by atoms with E-state index in [2.05, 4.69) is 5.32 Å². The zero-order chi connectivity index (χ0) is 14.5. The monoisotopic (exact) mass is 271 g/mol. The standard InChI is InChI=1S/C13H15B2NO4/c17-14(18)11-6-4-10(5-7-11)9-16-13-3-1-2-12(8-13)15(19)20/h1-8,16-20H,9H2. The highest BCUT2D eigenvalue weighted by atomic mass is 16.4. The molecule has 0 unspecified atom stereocenters. The SMILES string of the molecule is OB(O)c1ccc(CNc2cccc(B(O)O)c2)cc1. The fourth-order valence-electron chi connectivity index (χ4n) is 1.82. The van der Waals surface area contributed by atoms with Crippen molar-refractivity contribution in [2.45, 2.75) is 6.54 Å². The van der Waals surface area contributed by atoms with Crippen molar-refractivity contribution in [2.24, 2.45) is 0 Å². The quantitative estimate of drug-likeness (QED) is 0.434. The van der Waals surface area contributed by atoms with Gasteiger partial charge in [0.25, 0.3) is 0 Å². The third-order valence-corrected chi connectivity index (χ3v) is 2.96. The lowest BCUT2D eigenvalue weighted by Gasteiger charge is -2.09. The zero-order valence-electron chi connectivity index (χ0n) is 10.8. The lowest BCUT2D eigenvalue weighted by molar-refractivity contribution is 0.424. The van der Waals surface area contributed by atoms with Crippen molar-refractivity contribution in [1.29, 1.82) is 0 Å². The molecule has 0 heterocycles. The van der Waals surface area contributed by atoms with E-state index in [1.165, 1.54) is 0 Å². The van der Waals surface area contributed by atoms with Gasteiger partial charge in [-0.3, -0.25) is 0 Å². The Kier molecular flexibility index (Phi) is 4.81. The van der Waals surface area contributed by atoms with Gasteiger partial charge in [-0.2, -0.15) is 0 Å². The van der Waals surface area contributed by atoms with E-state index in [1.807, 2.05) is 6.07 Å². The number of hydrogen-bond donors (Lipinski definition) is 5. The maximum absolute atomic E-state index is 9.10. The van der Waals surface area contributed by atoms with Crippen LogP contribution in [0.15, 0.2) is 48.5 Å². The first kappa shape index (κ1) is 14.6. The molecule has 0 aliphatic carbocycles. The summed E-state index contributed by atoms with van der Waals surface area (Å²) >= 11 is 0. The Balaban J connectivity index is 1.99. The Hall–Kier alpha value is -1.79. The molecule has 2 aromatic carbocycles. The molecule has 0 amide bonds. The minimum atomic E-state index is -1.48. The van der Waals surface area contributed by atoms with E-state index in [9.17, 15) is 0 Å². The van der Waals surface area contributed by atoms with Gasteiger partial charge in [-0.1, -0.05) is 36.4 Å². The largest absolute Gasteiger partial charge is 0.488 e. The summed E-state index contributed by atoms with van der Waals surface area (Å²) < 4.78 is 0. The van der Waals surface area contributed by atoms with Crippen molar-refractivity contribution in [3.8, 4) is 0 Å². The van der Waals surface area contributed by atoms with Crippen molar-refractivity contribution >= 4 is 30.8 Å². The Morgan fingerprint density at radius 3 is 2.05 bits per heavy atom. The Morgan fingerprint density at radius 1 is 0.800 bits per heavy atom. The van der Waals surface area contributed by atoms with E-state index in [4.69, 9.17) is 20.1 Å². The van der Waals surface area contributed by atoms with Crippen molar-refractivity contribution in [3.05, 3.63) is 54.1 Å². The molecule has 0 atom stereocenters. The average molecular weight is 271 g/mol. The summed E-state index contributed by atoms with van der Waals surface area (Å²) in [4.78, 5) is 0. The summed E-state index contributed by atoms with van der Waals surface area (Å²) in [6, 6.07) is 13.8. The zero-order valence-corrected chi connectivity index (χ0v) is 10.8. The highest BCUT2D eigenvalue weighted by Gasteiger charge is 2.11. The summed E-state index contributed by atoms with van der Waals surface area (Å²) in [5, 5.41) is 39.3. The van der Waals surface area contributed by atoms with Gasteiger partial charge in [0, 0.05) is 12.2 Å². The van der Waals surface area contributed by atoms with E-state index in [-0.39, 0.29) is 0 Å². The van der Waals surface area contributed by atoms with Crippen molar-refractivity contribution in [2.75, 3.05) is 5.32 Å². The van der Waals surface area contributed by atoms with Crippen LogP contribution in [0.3, 0.4) is 0 Å². The Labute approximate surface area is 117 Å². The lowest BCUT2D eigenvalue weighted by Crippen LogP contribution is -2.30. The molecule has 0 saturated carbocycles. The van der Waals surface area contributed by atoms with Crippen LogP contribution in [0.4, 0.5) is 5.69 Å². The molecule has 0 spiro atoms. The highest BCUT2D eigenvalue weighted by molar-refractivity contribution is 6.59. The number of benzene rings is 2. The topological polar surface area (TPSA) is 93.0 Å². The molecule has 2 aromatic rings. The van der Waals surface area contributed by atoms with Gasteiger partial charge >= 0.3 is 14.2 Å². The van der Waals surface area contributed by atoms with Crippen LogP contribution in [0.5, 0.6) is 0 Å². The van der Waals surface area contributed by atoms with Gasteiger partial charge in [-0.15, -0.1) is 0 Å². The summed E-state index contributed by atoms with van der Waals surface area (Å²) in [7, 11) is -2.94. The predicted molar refractivity (Wildman–Crippen MR) is 79.9 cm³/mol. The van der Waals surface area contributed by atoms with Crippen LogP contribution >= 0.6 is 0 Å². The molecule has 0 aromatic heterocycles. The van der Waals surface area contributed by atoms with E-state index < -0.39 is 14.2 Å². The number of anilines is 1. The molecular weight excluding hydrogens is 256 g/mol. The number of rotatable bonds is 5. The number of hydrogen-bond acceptors (Lipinski definition) is 5. The third-order valence-electron chi connectivity index (χ3n) is 2.96. The lowest BCUT2D eigenvalue weighted by atomic mass is 9.80. The average Bonchev–Trinajstić information content (AvgIpc) is 2.46. The molecule has 2 rings (SSSR count). The fourth-order valence-corrected chi connectivity index (χ4v) is 1.82. The molecule has 5 N–H and O–H groups in total. The van der Waals surface area contributed by atoms with E-state index >= 15 is 0 Å². The molecule has 5 nitrogen and oxygen atoms in total. The molecule has 20 heavy (non-hydrogen) atoms. The van der Waals surface area contributed by atoms with Gasteiger partial charge in [0.05, 0.1) is 0 Å². The van der Waals surface area contributed by atoms with E-state index in [1.54, 1.807) is 42.5 Å². The van der Waals surface area contributed by atoms with Gasteiger partial charge in [0.1, 0.15) is 0 Å². The van der Waals surface area contributed by atoms with Crippen LogP contribution in [0.25, 0.3) is 0 Å². The van der Waals surface area contributed by atoms with Gasteiger partial charge in [0.15, 0.2) is 0 Å². The second kappa shape index (κ2) is 6.58. The normalized spacial score (nSPS) is 10.2. The molecule has 0 fully saturated rings. The summed E-state index contributed by atoms with van der Waals surface area (Å²) in [5.74, 6) is 0. The van der Waals surface area contributed by atoms with Crippen LogP contribution < -0.4 is 16.2 Å². The van der Waals surface area contributed by atoms with Gasteiger partial charge in [-0.05, 0) is 28.6 Å². The van der Waals surface area contributed by atoms with E-state index in [0.29, 0.717) is 17.5 Å². The first-order chi connectivity index (χ1) is 9.56. The summed E-state index contributed by atoms with van der Waals surface area (Å²) in [6.45, 7) is 0.548. The van der Waals surface area contributed by atoms with Gasteiger partial charge in [0.2, 0.25) is 0 Å². The minimum absolute atomic E-state index is 0.425. The minimum Gasteiger partial charge on any atom is -0.423 e. The molecule has 7 heteroatoms. The van der Waals surface area contributed by atoms with Crippen LogP contribution in [0.1, 0.15) is 5.56 Å². The number of nitrogens with one attached hydrogen (secondary N) is 1. The molecule has 0 aliphatic heterocycles. The third kappa shape index (κ3) is 3.85. The van der Waals surface area contributed by atoms with Crippen LogP contribution in [-0.2, 0) is 6.54 Å². The molecule has 0 saturated heterocycles. The highest BCUT2D eigenvalue weighted by Crippen LogP contribution is 2.07. The van der Waals surface area contributed by atoms with Gasteiger partial charge < -0.3 is 25.4 Å². The van der Waals surface area contributed by atoms with Crippen LogP contribution in [0.2, 0.25) is 0 Å². The summed E-state index contributed by atoms with van der Waals surface area (Å²) in [6.07, 6.45) is 0. The van der Waals surface area contributed by atoms with Crippen molar-refractivity contribution in [1.82, 2.24) is 0 Å². The Bertz CT molecular complexity index is 561. The molecule has 102 valence electrons. The molecular formula is C13H15B2NO4. The van der Waals surface area contributed by atoms with Crippen molar-refractivity contribution < 1.29 is 20.1 Å². The molecule has 0 aliphatic rings. The first-order valence-electron chi connectivity index (χ1n) is 6.21. The maximum atomic E-state index is 9.10. The van der Waals surface area contributed by atoms with Gasteiger partial charge in [-0.25, -0.2) is 0 Å². The second-order valence-electron chi connectivity index (χ2n) is 4.47. The van der Waals surface area contributed by atoms with Crippen LogP contribution in [0, 0.1) is 0 Å². The predicted octanol–water partition coefficient (Wildman–Crippen LogP) is -1.34. The first-order valence-corrected chi connectivity index (χ1v) is 6.21. The maximum Gasteiger partial charge on any atom is 0.488 e. The van der Waals surface area contributed by atoms with E-state index in [0.717, 1.165) is 11.3 Å². The second-order valence-corrected chi connectivity index (χ2v) is 4.47. The smallest absolute Gasteiger partial charge is 0.423 e. The molecule has 0 radical (unpaired) electrons.